The van der Waals surface area contributed by atoms with Crippen LogP contribution in [0.25, 0.3) is 6.08 Å². The van der Waals surface area contributed by atoms with E-state index in [1.165, 1.54) is 18.2 Å². The number of Topliss-reactive ketones (excluding diaryl/α,β-unsaturated/α-hetero) is 1. The third kappa shape index (κ3) is 8.47. The molecule has 3 aromatic carbocycles. The lowest BCUT2D eigenvalue weighted by atomic mass is 10.0. The number of ether oxygens (including phenoxy) is 1. The third-order valence-corrected chi connectivity index (χ3v) is 5.70. The molecule has 0 atom stereocenters. The van der Waals surface area contributed by atoms with Gasteiger partial charge < -0.3 is 14.7 Å². The normalized spacial score (nSPS) is 11.2. The number of azo groups is 1. The van der Waals surface area contributed by atoms with Gasteiger partial charge in [-0.05, 0) is 79.1 Å². The summed E-state index contributed by atoms with van der Waals surface area (Å²) in [5.41, 5.74) is 2.87. The van der Waals surface area contributed by atoms with E-state index in [4.69, 9.17) is 4.74 Å². The van der Waals surface area contributed by atoms with Gasteiger partial charge in [-0.2, -0.15) is 15.5 Å². The van der Waals surface area contributed by atoms with E-state index in [2.05, 4.69) is 10.2 Å². The number of hydrogen-bond donors (Lipinski definition) is 1. The summed E-state index contributed by atoms with van der Waals surface area (Å²) in [4.78, 5) is 38.1. The molecule has 0 bridgehead atoms. The van der Waals surface area contributed by atoms with Crippen LogP contribution in [0.4, 0.5) is 17.1 Å². The molecule has 9 heteroatoms. The number of benzene rings is 3. The fourth-order valence-electron chi connectivity index (χ4n) is 3.53. The van der Waals surface area contributed by atoms with Gasteiger partial charge in [0.1, 0.15) is 11.6 Å². The zero-order valence-electron chi connectivity index (χ0n) is 21.7. The van der Waals surface area contributed by atoms with Crippen LogP contribution in [0, 0.1) is 11.3 Å². The lowest BCUT2D eigenvalue weighted by Crippen LogP contribution is -2.09. The van der Waals surface area contributed by atoms with Crippen LogP contribution in [0.2, 0.25) is 0 Å². The van der Waals surface area contributed by atoms with Gasteiger partial charge in [0, 0.05) is 31.8 Å². The highest BCUT2D eigenvalue weighted by Gasteiger charge is 2.14. The minimum absolute atomic E-state index is 0.0254. The minimum Gasteiger partial charge on any atom is -0.478 e. The molecule has 0 aliphatic heterocycles. The van der Waals surface area contributed by atoms with E-state index in [0.29, 0.717) is 24.1 Å². The fourth-order valence-corrected chi connectivity index (χ4v) is 3.53. The average molecular weight is 525 g/mol. The predicted octanol–water partition coefficient (Wildman–Crippen LogP) is 6.37. The standard InChI is InChI=1S/C30H28N4O5/c1-34(2)26-16-14-25(15-17-26)33-32-24-12-10-21(11-13-24)28(35)9-5-6-18-39-30(38)23(20-31)19-22-7-3-4-8-27(22)29(36)37/h3-4,7-8,10-17,19H,5-6,9,18H2,1-2H3,(H,36,37)/b23-19+,33-32?. The summed E-state index contributed by atoms with van der Waals surface area (Å²) in [6.45, 7) is 0.0283. The first kappa shape index (κ1) is 28.5. The second kappa shape index (κ2) is 14.0. The number of carbonyl (C=O) groups is 3. The summed E-state index contributed by atoms with van der Waals surface area (Å²) < 4.78 is 5.14. The number of unbranched alkanes of at least 4 members (excludes halogenated alkanes) is 1. The molecule has 0 aromatic heterocycles. The van der Waals surface area contributed by atoms with Crippen LogP contribution in [0.5, 0.6) is 0 Å². The number of rotatable bonds is 12. The quantitative estimate of drug-likeness (QED) is 0.0727. The maximum absolute atomic E-state index is 12.5. The molecule has 0 radical (unpaired) electrons. The van der Waals surface area contributed by atoms with E-state index in [1.807, 2.05) is 43.3 Å². The van der Waals surface area contributed by atoms with Gasteiger partial charge in [-0.1, -0.05) is 18.2 Å². The summed E-state index contributed by atoms with van der Waals surface area (Å²) in [7, 11) is 3.93. The summed E-state index contributed by atoms with van der Waals surface area (Å²) in [6.07, 6.45) is 2.38. The Balaban J connectivity index is 1.44. The van der Waals surface area contributed by atoms with Gasteiger partial charge in [0.2, 0.25) is 0 Å². The number of esters is 1. The number of anilines is 1. The zero-order chi connectivity index (χ0) is 28.2. The van der Waals surface area contributed by atoms with Gasteiger partial charge in [-0.3, -0.25) is 4.79 Å². The molecule has 9 nitrogen and oxygen atoms in total. The van der Waals surface area contributed by atoms with Gasteiger partial charge in [-0.25, -0.2) is 9.59 Å². The Morgan fingerprint density at radius 1 is 0.923 bits per heavy atom. The number of carboxylic acids is 1. The highest BCUT2D eigenvalue weighted by molar-refractivity contribution is 6.00. The predicted molar refractivity (Wildman–Crippen MR) is 148 cm³/mol. The van der Waals surface area contributed by atoms with Crippen molar-refractivity contribution in [3.63, 3.8) is 0 Å². The minimum atomic E-state index is -1.16. The monoisotopic (exact) mass is 524 g/mol. The molecule has 3 rings (SSSR count). The van der Waals surface area contributed by atoms with E-state index in [9.17, 15) is 24.8 Å². The molecule has 0 spiro atoms. The molecule has 39 heavy (non-hydrogen) atoms. The number of carboxylic acid groups (broad SMARTS) is 1. The smallest absolute Gasteiger partial charge is 0.348 e. The van der Waals surface area contributed by atoms with E-state index in [0.717, 1.165) is 11.4 Å². The lowest BCUT2D eigenvalue weighted by Gasteiger charge is -2.11. The largest absolute Gasteiger partial charge is 0.478 e. The number of ketones is 1. The summed E-state index contributed by atoms with van der Waals surface area (Å²) in [5.74, 6) is -2.06. The molecule has 1 N–H and O–H groups in total. The number of carbonyl (C=O) groups excluding carboxylic acids is 2. The van der Waals surface area contributed by atoms with Crippen molar-refractivity contribution in [2.75, 3.05) is 25.6 Å². The molecule has 198 valence electrons. The Kier molecular flexibility index (Phi) is 10.2. The van der Waals surface area contributed by atoms with E-state index in [1.54, 1.807) is 42.5 Å². The van der Waals surface area contributed by atoms with Crippen LogP contribution < -0.4 is 4.90 Å². The Hall–Kier alpha value is -5.10. The topological polar surface area (TPSA) is 132 Å². The number of nitriles is 1. The number of nitrogens with zero attached hydrogens (tertiary/aromatic N) is 4. The van der Waals surface area contributed by atoms with Crippen molar-refractivity contribution in [2.24, 2.45) is 10.2 Å². The Morgan fingerprint density at radius 3 is 2.13 bits per heavy atom. The van der Waals surface area contributed by atoms with Gasteiger partial charge in [-0.15, -0.1) is 0 Å². The fraction of sp³-hybridized carbons (Fsp3) is 0.200. The zero-order valence-corrected chi connectivity index (χ0v) is 21.7. The highest BCUT2D eigenvalue weighted by atomic mass is 16.5. The third-order valence-electron chi connectivity index (χ3n) is 5.70. The second-order valence-electron chi connectivity index (χ2n) is 8.74. The first-order valence-electron chi connectivity index (χ1n) is 12.2. The van der Waals surface area contributed by atoms with E-state index >= 15 is 0 Å². The molecular weight excluding hydrogens is 496 g/mol. The maximum atomic E-state index is 12.5. The molecule has 0 saturated heterocycles. The Morgan fingerprint density at radius 2 is 1.54 bits per heavy atom. The molecule has 0 heterocycles. The van der Waals surface area contributed by atoms with Crippen molar-refractivity contribution >= 4 is 40.9 Å². The van der Waals surface area contributed by atoms with E-state index in [-0.39, 0.29) is 35.5 Å². The van der Waals surface area contributed by atoms with Crippen molar-refractivity contribution in [1.29, 1.82) is 5.26 Å². The molecule has 0 aliphatic carbocycles. The van der Waals surface area contributed by atoms with Crippen molar-refractivity contribution in [3.8, 4) is 6.07 Å². The SMILES string of the molecule is CN(C)c1ccc(N=Nc2ccc(C(=O)CCCCOC(=O)/C(C#N)=C/c3ccccc3C(=O)O)cc2)cc1. The van der Waals surface area contributed by atoms with Crippen LogP contribution in [0.3, 0.4) is 0 Å². The first-order chi connectivity index (χ1) is 18.8. The highest BCUT2D eigenvalue weighted by Crippen LogP contribution is 2.22. The van der Waals surface area contributed by atoms with Gasteiger partial charge in [0.15, 0.2) is 5.78 Å². The van der Waals surface area contributed by atoms with Crippen molar-refractivity contribution in [1.82, 2.24) is 0 Å². The second-order valence-corrected chi connectivity index (χ2v) is 8.74. The average Bonchev–Trinajstić information content (AvgIpc) is 2.95. The molecule has 0 saturated carbocycles. The van der Waals surface area contributed by atoms with Crippen LogP contribution >= 0.6 is 0 Å². The van der Waals surface area contributed by atoms with E-state index < -0.39 is 11.9 Å². The van der Waals surface area contributed by atoms with Gasteiger partial charge in [0.25, 0.3) is 0 Å². The van der Waals surface area contributed by atoms with Crippen molar-refractivity contribution < 1.29 is 24.2 Å². The van der Waals surface area contributed by atoms with Crippen molar-refractivity contribution in [2.45, 2.75) is 19.3 Å². The molecule has 0 unspecified atom stereocenters. The molecule has 0 amide bonds. The Labute approximate surface area is 226 Å². The Bertz CT molecular complexity index is 1420. The molecule has 0 fully saturated rings. The molecule has 3 aromatic rings. The lowest BCUT2D eigenvalue weighted by molar-refractivity contribution is -0.138. The van der Waals surface area contributed by atoms with Crippen LogP contribution in [-0.4, -0.2) is 43.5 Å². The summed E-state index contributed by atoms with van der Waals surface area (Å²) in [6, 6.07) is 22.3. The van der Waals surface area contributed by atoms with Crippen LogP contribution in [0.1, 0.15) is 45.5 Å². The van der Waals surface area contributed by atoms with Crippen LogP contribution in [0.15, 0.2) is 88.6 Å². The number of hydrogen-bond acceptors (Lipinski definition) is 8. The molecule has 0 aliphatic rings. The van der Waals surface area contributed by atoms with Gasteiger partial charge >= 0.3 is 11.9 Å². The first-order valence-corrected chi connectivity index (χ1v) is 12.2. The van der Waals surface area contributed by atoms with Gasteiger partial charge in [0.05, 0.1) is 23.5 Å². The molecular formula is C30H28N4O5. The number of aromatic carboxylic acids is 1. The summed E-state index contributed by atoms with van der Waals surface area (Å²) in [5, 5.41) is 27.0. The van der Waals surface area contributed by atoms with Crippen molar-refractivity contribution in [3.05, 3.63) is 95.1 Å². The van der Waals surface area contributed by atoms with Crippen LogP contribution in [-0.2, 0) is 9.53 Å². The summed E-state index contributed by atoms with van der Waals surface area (Å²) >= 11 is 0. The maximum Gasteiger partial charge on any atom is 0.348 e.